The number of nitrogens with zero attached hydrogens (tertiary/aromatic N) is 4. The molecule has 0 atom stereocenters. The molecule has 29 heavy (non-hydrogen) atoms. The third-order valence-electron chi connectivity index (χ3n) is 4.61. The zero-order valence-electron chi connectivity index (χ0n) is 15.4. The zero-order valence-corrected chi connectivity index (χ0v) is 16.2. The molecule has 0 amide bonds. The van der Waals surface area contributed by atoms with Crippen LogP contribution in [0.2, 0.25) is 0 Å². The van der Waals surface area contributed by atoms with E-state index in [0.29, 0.717) is 47.8 Å². The Morgan fingerprint density at radius 2 is 1.72 bits per heavy atom. The fraction of sp³-hybridized carbons (Fsp3) is 0.368. The third-order valence-corrected chi connectivity index (χ3v) is 5.52. The van der Waals surface area contributed by atoms with Crippen molar-refractivity contribution in [2.75, 3.05) is 39.3 Å². The lowest BCUT2D eigenvalue weighted by atomic mass is 10.3. The van der Waals surface area contributed by atoms with Crippen molar-refractivity contribution in [2.24, 2.45) is 0 Å². The van der Waals surface area contributed by atoms with Gasteiger partial charge in [-0.3, -0.25) is 9.88 Å². The Hall–Kier alpha value is -2.43. The minimum Gasteiger partial charge on any atom is -0.492 e. The molecule has 3 aromatic rings. The van der Waals surface area contributed by atoms with E-state index in [1.165, 1.54) is 11.3 Å². The lowest BCUT2D eigenvalue weighted by molar-refractivity contribution is -0.252. The first-order chi connectivity index (χ1) is 14.0. The molecule has 0 unspecified atom stereocenters. The van der Waals surface area contributed by atoms with Crippen LogP contribution in [0.5, 0.6) is 16.7 Å². The summed E-state index contributed by atoms with van der Waals surface area (Å²) in [7, 11) is 0. The first kappa shape index (κ1) is 19.9. The van der Waals surface area contributed by atoms with E-state index in [1.54, 1.807) is 36.7 Å². The Morgan fingerprint density at radius 1 is 1.00 bits per heavy atom. The maximum Gasteiger partial charge on any atom is 0.460 e. The van der Waals surface area contributed by atoms with Gasteiger partial charge in [-0.15, -0.1) is 0 Å². The molecule has 6 nitrogen and oxygen atoms in total. The number of benzene rings is 1. The van der Waals surface area contributed by atoms with Crippen molar-refractivity contribution in [1.29, 1.82) is 0 Å². The summed E-state index contributed by atoms with van der Waals surface area (Å²) < 4.78 is 50.4. The highest BCUT2D eigenvalue weighted by Crippen LogP contribution is 2.31. The molecule has 0 saturated carbocycles. The van der Waals surface area contributed by atoms with Crippen LogP contribution in [-0.2, 0) is 0 Å². The summed E-state index contributed by atoms with van der Waals surface area (Å²) in [6.45, 7) is 1.76. The van der Waals surface area contributed by atoms with Gasteiger partial charge in [0.2, 0.25) is 0 Å². The molecule has 1 fully saturated rings. The second-order valence-corrected chi connectivity index (χ2v) is 7.53. The Morgan fingerprint density at radius 3 is 2.41 bits per heavy atom. The Kier molecular flexibility index (Phi) is 5.84. The quantitative estimate of drug-likeness (QED) is 0.558. The Bertz CT molecular complexity index is 908. The average molecular weight is 424 g/mol. The number of piperazine rings is 1. The van der Waals surface area contributed by atoms with Crippen molar-refractivity contribution in [3.05, 3.63) is 42.7 Å². The van der Waals surface area contributed by atoms with Gasteiger partial charge in [0.25, 0.3) is 5.19 Å². The molecule has 1 saturated heterocycles. The van der Waals surface area contributed by atoms with Crippen molar-refractivity contribution in [1.82, 2.24) is 19.8 Å². The first-order valence-electron chi connectivity index (χ1n) is 9.13. The summed E-state index contributed by atoms with van der Waals surface area (Å²) in [5.41, 5.74) is 0.795. The molecule has 0 N–H and O–H groups in total. The number of fused-ring (bicyclic) bond motifs is 1. The molecular formula is C19H19F3N4O2S. The van der Waals surface area contributed by atoms with Gasteiger partial charge >= 0.3 is 6.30 Å². The molecule has 0 spiro atoms. The van der Waals surface area contributed by atoms with Gasteiger partial charge in [0.05, 0.1) is 10.9 Å². The lowest BCUT2D eigenvalue weighted by Gasteiger charge is -2.35. The van der Waals surface area contributed by atoms with E-state index in [-0.39, 0.29) is 13.1 Å². The number of thiazole rings is 1. The molecule has 0 bridgehead atoms. The largest absolute Gasteiger partial charge is 0.492 e. The van der Waals surface area contributed by atoms with Gasteiger partial charge in [-0.05, 0) is 30.3 Å². The number of aromatic nitrogens is 2. The second-order valence-electron chi connectivity index (χ2n) is 6.54. The summed E-state index contributed by atoms with van der Waals surface area (Å²) in [6, 6.07) is 9.07. The van der Waals surface area contributed by atoms with Crippen LogP contribution in [0.3, 0.4) is 0 Å². The average Bonchev–Trinajstić information content (AvgIpc) is 3.11. The normalized spacial score (nSPS) is 16.2. The Balaban J connectivity index is 1.23. The van der Waals surface area contributed by atoms with Crippen LogP contribution in [-0.4, -0.2) is 65.4 Å². The van der Waals surface area contributed by atoms with E-state index >= 15 is 0 Å². The van der Waals surface area contributed by atoms with Crippen molar-refractivity contribution >= 4 is 21.6 Å². The standard InChI is InChI=1S/C19H19F3N4O2S/c20-19(21,22)26-9-7-25(8-10-26)11-12-27-14-1-3-15(4-2-14)28-18-24-16-13-23-6-5-17(16)29-18/h1-6,13H,7-12H2. The number of pyridine rings is 1. The lowest BCUT2D eigenvalue weighted by Crippen LogP contribution is -2.52. The second kappa shape index (κ2) is 8.52. The zero-order chi connectivity index (χ0) is 20.3. The van der Waals surface area contributed by atoms with Crippen LogP contribution in [0.4, 0.5) is 13.2 Å². The SMILES string of the molecule is FC(F)(F)N1CCN(CCOc2ccc(Oc3nc4cnccc4s3)cc2)CC1. The summed E-state index contributed by atoms with van der Waals surface area (Å²) in [6.07, 6.45) is -0.833. The predicted octanol–water partition coefficient (Wildman–Crippen LogP) is 4.00. The van der Waals surface area contributed by atoms with E-state index in [4.69, 9.17) is 9.47 Å². The van der Waals surface area contributed by atoms with Gasteiger partial charge < -0.3 is 9.47 Å². The molecular weight excluding hydrogens is 405 g/mol. The fourth-order valence-electron chi connectivity index (χ4n) is 3.02. The van der Waals surface area contributed by atoms with Crippen LogP contribution >= 0.6 is 11.3 Å². The fourth-order valence-corrected chi connectivity index (χ4v) is 3.83. The van der Waals surface area contributed by atoms with E-state index in [2.05, 4.69) is 9.97 Å². The summed E-state index contributed by atoms with van der Waals surface area (Å²) in [5.74, 6) is 1.33. The monoisotopic (exact) mass is 424 g/mol. The van der Waals surface area contributed by atoms with E-state index in [9.17, 15) is 13.2 Å². The summed E-state index contributed by atoms with van der Waals surface area (Å²) in [5, 5.41) is 0.541. The molecule has 2 aromatic heterocycles. The van der Waals surface area contributed by atoms with Crippen LogP contribution in [0, 0.1) is 0 Å². The minimum absolute atomic E-state index is 0.00261. The molecule has 0 radical (unpaired) electrons. The number of halogens is 3. The summed E-state index contributed by atoms with van der Waals surface area (Å²) in [4.78, 5) is 10.9. The number of rotatable bonds is 6. The van der Waals surface area contributed by atoms with Gasteiger partial charge in [0, 0.05) is 38.9 Å². The smallest absolute Gasteiger partial charge is 0.460 e. The number of alkyl halides is 3. The summed E-state index contributed by atoms with van der Waals surface area (Å²) >= 11 is 1.44. The van der Waals surface area contributed by atoms with E-state index < -0.39 is 6.30 Å². The molecule has 3 heterocycles. The van der Waals surface area contributed by atoms with E-state index in [1.807, 2.05) is 11.0 Å². The Labute approximate surface area is 169 Å². The van der Waals surface area contributed by atoms with Crippen molar-refractivity contribution in [2.45, 2.75) is 6.30 Å². The highest BCUT2D eigenvalue weighted by atomic mass is 32.1. The van der Waals surface area contributed by atoms with Crippen molar-refractivity contribution < 1.29 is 22.6 Å². The maximum absolute atomic E-state index is 12.6. The molecule has 4 rings (SSSR count). The van der Waals surface area contributed by atoms with Crippen LogP contribution in [0.25, 0.3) is 10.2 Å². The van der Waals surface area contributed by atoms with Gasteiger partial charge in [0.1, 0.15) is 23.6 Å². The topological polar surface area (TPSA) is 50.7 Å². The predicted molar refractivity (Wildman–Crippen MR) is 103 cm³/mol. The van der Waals surface area contributed by atoms with Gasteiger partial charge in [-0.25, -0.2) is 9.88 Å². The van der Waals surface area contributed by atoms with Crippen LogP contribution in [0.1, 0.15) is 0 Å². The highest BCUT2D eigenvalue weighted by molar-refractivity contribution is 7.20. The highest BCUT2D eigenvalue weighted by Gasteiger charge is 2.38. The molecule has 1 aromatic carbocycles. The van der Waals surface area contributed by atoms with Gasteiger partial charge in [-0.1, -0.05) is 11.3 Å². The molecule has 10 heteroatoms. The molecule has 0 aliphatic carbocycles. The third kappa shape index (κ3) is 5.14. The maximum atomic E-state index is 12.6. The van der Waals surface area contributed by atoms with E-state index in [0.717, 1.165) is 10.2 Å². The number of hydrogen-bond acceptors (Lipinski definition) is 7. The van der Waals surface area contributed by atoms with Crippen molar-refractivity contribution in [3.8, 4) is 16.7 Å². The number of hydrogen-bond donors (Lipinski definition) is 0. The molecule has 154 valence electrons. The van der Waals surface area contributed by atoms with Crippen LogP contribution < -0.4 is 9.47 Å². The number of ether oxygens (including phenoxy) is 2. The van der Waals surface area contributed by atoms with Crippen LogP contribution in [0.15, 0.2) is 42.7 Å². The first-order valence-corrected chi connectivity index (χ1v) is 9.94. The minimum atomic E-state index is -4.24. The van der Waals surface area contributed by atoms with Gasteiger partial charge in [0.15, 0.2) is 0 Å². The molecule has 1 aliphatic heterocycles. The van der Waals surface area contributed by atoms with Gasteiger partial charge in [-0.2, -0.15) is 13.2 Å². The molecule has 1 aliphatic rings. The van der Waals surface area contributed by atoms with Crippen molar-refractivity contribution in [3.63, 3.8) is 0 Å².